The Kier molecular flexibility index (Phi) is 4.44. The van der Waals surface area contributed by atoms with Crippen LogP contribution in [0.4, 0.5) is 0 Å². The molecular formula is C15H17NO3. The summed E-state index contributed by atoms with van der Waals surface area (Å²) in [5, 5.41) is 0. The van der Waals surface area contributed by atoms with Crippen molar-refractivity contribution in [1.29, 1.82) is 0 Å². The smallest absolute Gasteiger partial charge is 0.334 e. The fourth-order valence-corrected chi connectivity index (χ4v) is 2.11. The number of carbonyl (C=O) groups excluding carboxylic acids is 2. The molecule has 0 radical (unpaired) electrons. The second-order valence-corrected chi connectivity index (χ2v) is 4.59. The number of aromatic nitrogens is 1. The fraction of sp³-hybridized carbons (Fsp3) is 0.400. The maximum atomic E-state index is 11.9. The van der Waals surface area contributed by atoms with Crippen molar-refractivity contribution in [3.63, 3.8) is 0 Å². The second-order valence-electron chi connectivity index (χ2n) is 4.59. The minimum atomic E-state index is -0.360. The molecule has 1 aliphatic carbocycles. The summed E-state index contributed by atoms with van der Waals surface area (Å²) < 4.78 is 5.22. The van der Waals surface area contributed by atoms with Crippen LogP contribution >= 0.6 is 0 Å². The van der Waals surface area contributed by atoms with Crippen LogP contribution in [0.2, 0.25) is 0 Å². The van der Waals surface area contributed by atoms with Crippen LogP contribution in [0.5, 0.6) is 0 Å². The number of rotatable bonds is 4. The van der Waals surface area contributed by atoms with Crippen molar-refractivity contribution in [2.45, 2.75) is 32.6 Å². The third-order valence-electron chi connectivity index (χ3n) is 3.27. The summed E-state index contributed by atoms with van der Waals surface area (Å²) in [4.78, 5) is 27.6. The molecule has 0 fully saturated rings. The molecule has 0 bridgehead atoms. The molecule has 1 heterocycles. The molecule has 100 valence electrons. The summed E-state index contributed by atoms with van der Waals surface area (Å²) in [5.41, 5.74) is 1.99. The van der Waals surface area contributed by atoms with Gasteiger partial charge in [-0.25, -0.2) is 4.79 Å². The number of allylic oxidation sites excluding steroid dienone is 1. The van der Waals surface area contributed by atoms with Crippen LogP contribution in [0.1, 0.15) is 31.9 Å². The molecule has 1 aliphatic rings. The highest BCUT2D eigenvalue weighted by molar-refractivity contribution is 6.04. The summed E-state index contributed by atoms with van der Waals surface area (Å²) in [5.74, 6) is -0.301. The topological polar surface area (TPSA) is 56.3 Å². The van der Waals surface area contributed by atoms with Gasteiger partial charge < -0.3 is 4.74 Å². The number of pyridine rings is 1. The Balaban J connectivity index is 1.88. The van der Waals surface area contributed by atoms with Gasteiger partial charge >= 0.3 is 5.97 Å². The van der Waals surface area contributed by atoms with E-state index in [2.05, 4.69) is 4.98 Å². The molecule has 0 saturated carbocycles. The van der Waals surface area contributed by atoms with E-state index in [1.165, 1.54) is 0 Å². The summed E-state index contributed by atoms with van der Waals surface area (Å²) in [6, 6.07) is 5.64. The van der Waals surface area contributed by atoms with Gasteiger partial charge in [-0.1, -0.05) is 6.07 Å². The minimum absolute atomic E-state index is 0.0583. The van der Waals surface area contributed by atoms with Crippen molar-refractivity contribution in [2.75, 3.05) is 6.61 Å². The summed E-state index contributed by atoms with van der Waals surface area (Å²) in [6.45, 7) is 2.00. The van der Waals surface area contributed by atoms with Gasteiger partial charge in [0.1, 0.15) is 0 Å². The Morgan fingerprint density at radius 3 is 2.95 bits per heavy atom. The van der Waals surface area contributed by atoms with Gasteiger partial charge in [-0.3, -0.25) is 9.78 Å². The number of ether oxygens (including phenoxy) is 1. The van der Waals surface area contributed by atoms with Gasteiger partial charge in [0.05, 0.1) is 6.61 Å². The van der Waals surface area contributed by atoms with E-state index in [0.29, 0.717) is 37.0 Å². The second kappa shape index (κ2) is 6.27. The fourth-order valence-electron chi connectivity index (χ4n) is 2.11. The number of carbonyl (C=O) groups is 2. The number of nitrogens with zero attached hydrogens (tertiary/aromatic N) is 1. The predicted octanol–water partition coefficient (Wildman–Crippen LogP) is 2.24. The molecule has 19 heavy (non-hydrogen) atoms. The molecule has 2 rings (SSSR count). The zero-order valence-corrected chi connectivity index (χ0v) is 11.0. The largest absolute Gasteiger partial charge is 0.462 e. The summed E-state index contributed by atoms with van der Waals surface area (Å²) in [6.07, 6.45) is 4.22. The molecule has 0 spiro atoms. The first-order chi connectivity index (χ1) is 9.18. The van der Waals surface area contributed by atoms with Crippen molar-refractivity contribution in [3.8, 4) is 0 Å². The zero-order valence-electron chi connectivity index (χ0n) is 11.0. The Labute approximate surface area is 112 Å². The number of ketones is 1. The van der Waals surface area contributed by atoms with E-state index in [1.54, 1.807) is 13.1 Å². The van der Waals surface area contributed by atoms with Crippen molar-refractivity contribution in [2.24, 2.45) is 0 Å². The quantitative estimate of drug-likeness (QED) is 0.778. The van der Waals surface area contributed by atoms with Crippen LogP contribution in [0.3, 0.4) is 0 Å². The Hall–Kier alpha value is -1.97. The molecule has 4 heteroatoms. The number of hydrogen-bond acceptors (Lipinski definition) is 4. The molecule has 0 atom stereocenters. The highest BCUT2D eigenvalue weighted by Gasteiger charge is 2.22. The van der Waals surface area contributed by atoms with Crippen LogP contribution in [-0.4, -0.2) is 23.3 Å². The molecule has 4 nitrogen and oxygen atoms in total. The van der Waals surface area contributed by atoms with E-state index < -0.39 is 0 Å². The zero-order chi connectivity index (χ0) is 13.7. The Morgan fingerprint density at radius 1 is 1.37 bits per heavy atom. The molecule has 0 amide bonds. The SMILES string of the molecule is CC1=C(C(=O)OCCc2ccccn2)CCCC1=O. The maximum absolute atomic E-state index is 11.9. The van der Waals surface area contributed by atoms with Crippen molar-refractivity contribution in [3.05, 3.63) is 41.2 Å². The van der Waals surface area contributed by atoms with Gasteiger partial charge in [0.2, 0.25) is 0 Å². The monoisotopic (exact) mass is 259 g/mol. The van der Waals surface area contributed by atoms with Crippen molar-refractivity contribution < 1.29 is 14.3 Å². The molecule has 1 aromatic rings. The van der Waals surface area contributed by atoms with E-state index in [4.69, 9.17) is 4.74 Å². The highest BCUT2D eigenvalue weighted by atomic mass is 16.5. The van der Waals surface area contributed by atoms with Crippen LogP contribution in [-0.2, 0) is 20.7 Å². The lowest BCUT2D eigenvalue weighted by atomic mass is 9.92. The molecule has 0 unspecified atom stereocenters. The summed E-state index contributed by atoms with van der Waals surface area (Å²) in [7, 11) is 0. The first-order valence-corrected chi connectivity index (χ1v) is 6.48. The lowest BCUT2D eigenvalue weighted by Crippen LogP contribution is -2.18. The van der Waals surface area contributed by atoms with E-state index in [1.807, 2.05) is 18.2 Å². The van der Waals surface area contributed by atoms with Gasteiger partial charge in [-0.2, -0.15) is 0 Å². The third kappa shape index (κ3) is 3.50. The predicted molar refractivity (Wildman–Crippen MR) is 70.5 cm³/mol. The Bertz CT molecular complexity index is 505. The summed E-state index contributed by atoms with van der Waals surface area (Å²) >= 11 is 0. The van der Waals surface area contributed by atoms with Crippen molar-refractivity contribution >= 4 is 11.8 Å². The maximum Gasteiger partial charge on any atom is 0.334 e. The van der Waals surface area contributed by atoms with Gasteiger partial charge in [-0.15, -0.1) is 0 Å². The minimum Gasteiger partial charge on any atom is -0.462 e. The highest BCUT2D eigenvalue weighted by Crippen LogP contribution is 2.22. The lowest BCUT2D eigenvalue weighted by Gasteiger charge is -2.15. The molecular weight excluding hydrogens is 242 g/mol. The Morgan fingerprint density at radius 2 is 2.21 bits per heavy atom. The number of hydrogen-bond donors (Lipinski definition) is 0. The van der Waals surface area contributed by atoms with Crippen LogP contribution < -0.4 is 0 Å². The van der Waals surface area contributed by atoms with Gasteiger partial charge in [0, 0.05) is 35.9 Å². The first-order valence-electron chi connectivity index (χ1n) is 6.48. The van der Waals surface area contributed by atoms with Gasteiger partial charge in [0.25, 0.3) is 0 Å². The molecule has 1 aromatic heterocycles. The van der Waals surface area contributed by atoms with E-state index >= 15 is 0 Å². The molecule has 0 saturated heterocycles. The average molecular weight is 259 g/mol. The van der Waals surface area contributed by atoms with Gasteiger partial charge in [-0.05, 0) is 31.9 Å². The van der Waals surface area contributed by atoms with Crippen molar-refractivity contribution in [1.82, 2.24) is 4.98 Å². The van der Waals surface area contributed by atoms with Crippen LogP contribution in [0.25, 0.3) is 0 Å². The van der Waals surface area contributed by atoms with Crippen LogP contribution in [0.15, 0.2) is 35.5 Å². The van der Waals surface area contributed by atoms with E-state index in [-0.39, 0.29) is 11.8 Å². The third-order valence-corrected chi connectivity index (χ3v) is 3.27. The molecule has 0 N–H and O–H groups in total. The van der Waals surface area contributed by atoms with E-state index in [9.17, 15) is 9.59 Å². The lowest BCUT2D eigenvalue weighted by molar-refractivity contribution is -0.139. The standard InChI is InChI=1S/C15H17NO3/c1-11-13(6-4-7-14(11)17)15(18)19-10-8-12-5-2-3-9-16-12/h2-3,5,9H,4,6-8,10H2,1H3. The van der Waals surface area contributed by atoms with Crippen LogP contribution in [0, 0.1) is 0 Å². The number of esters is 1. The molecule has 0 aliphatic heterocycles. The van der Waals surface area contributed by atoms with E-state index in [0.717, 1.165) is 12.1 Å². The molecule has 0 aromatic carbocycles. The normalized spacial score (nSPS) is 15.5. The average Bonchev–Trinajstić information content (AvgIpc) is 2.43. The first kappa shape index (κ1) is 13.5. The van der Waals surface area contributed by atoms with Gasteiger partial charge in [0.15, 0.2) is 5.78 Å². The number of Topliss-reactive ketones (excluding diaryl/α,β-unsaturated/α-hetero) is 1.